The molecular weight excluding hydrogens is 196 g/mol. The molecular formula is C14H24N2. The van der Waals surface area contributed by atoms with Gasteiger partial charge in [-0.1, -0.05) is 49.6 Å². The van der Waals surface area contributed by atoms with E-state index >= 15 is 0 Å². The standard InChI is InChI=1S/C14H24N2/c15-11-7-2-1-3-8-12-16-13-14-9-5-4-6-10-14/h4-6,9-10,16H,1-3,7-8,11-13,15H2. The van der Waals surface area contributed by atoms with Gasteiger partial charge in [-0.3, -0.25) is 0 Å². The van der Waals surface area contributed by atoms with Gasteiger partial charge in [0.2, 0.25) is 0 Å². The highest BCUT2D eigenvalue weighted by Crippen LogP contribution is 2.02. The van der Waals surface area contributed by atoms with Gasteiger partial charge in [-0.05, 0) is 31.5 Å². The fraction of sp³-hybridized carbons (Fsp3) is 0.571. The largest absolute Gasteiger partial charge is 0.330 e. The van der Waals surface area contributed by atoms with Crippen LogP contribution in [-0.2, 0) is 6.54 Å². The van der Waals surface area contributed by atoms with E-state index in [1.54, 1.807) is 0 Å². The van der Waals surface area contributed by atoms with Gasteiger partial charge in [0.05, 0.1) is 0 Å². The lowest BCUT2D eigenvalue weighted by Crippen LogP contribution is -2.14. The molecule has 0 aromatic heterocycles. The molecule has 0 aliphatic heterocycles. The molecule has 0 spiro atoms. The van der Waals surface area contributed by atoms with Crippen molar-refractivity contribution in [3.8, 4) is 0 Å². The second kappa shape index (κ2) is 9.37. The molecule has 2 heteroatoms. The van der Waals surface area contributed by atoms with Crippen LogP contribution in [-0.4, -0.2) is 13.1 Å². The van der Waals surface area contributed by atoms with E-state index in [1.807, 2.05) is 0 Å². The van der Waals surface area contributed by atoms with E-state index in [2.05, 4.69) is 35.6 Å². The Bertz CT molecular complexity index is 246. The normalized spacial score (nSPS) is 10.6. The van der Waals surface area contributed by atoms with Crippen LogP contribution in [0.25, 0.3) is 0 Å². The van der Waals surface area contributed by atoms with Gasteiger partial charge < -0.3 is 11.1 Å². The van der Waals surface area contributed by atoms with Gasteiger partial charge in [-0.15, -0.1) is 0 Å². The first-order chi connectivity index (χ1) is 7.93. The summed E-state index contributed by atoms with van der Waals surface area (Å²) >= 11 is 0. The highest BCUT2D eigenvalue weighted by molar-refractivity contribution is 5.14. The molecule has 0 radical (unpaired) electrons. The van der Waals surface area contributed by atoms with Crippen LogP contribution < -0.4 is 11.1 Å². The summed E-state index contributed by atoms with van der Waals surface area (Å²) in [4.78, 5) is 0. The average Bonchev–Trinajstić information content (AvgIpc) is 2.34. The summed E-state index contributed by atoms with van der Waals surface area (Å²) in [7, 11) is 0. The third kappa shape index (κ3) is 6.59. The van der Waals surface area contributed by atoms with E-state index in [0.717, 1.165) is 19.6 Å². The summed E-state index contributed by atoms with van der Waals surface area (Å²) in [5.41, 5.74) is 6.81. The molecule has 90 valence electrons. The average molecular weight is 220 g/mol. The van der Waals surface area contributed by atoms with Gasteiger partial charge >= 0.3 is 0 Å². The molecule has 2 nitrogen and oxygen atoms in total. The molecule has 0 fully saturated rings. The smallest absolute Gasteiger partial charge is 0.0205 e. The molecule has 0 aliphatic rings. The van der Waals surface area contributed by atoms with Crippen LogP contribution in [0.3, 0.4) is 0 Å². The first-order valence-electron chi connectivity index (χ1n) is 6.38. The Morgan fingerprint density at radius 2 is 1.56 bits per heavy atom. The fourth-order valence-corrected chi connectivity index (χ4v) is 1.75. The van der Waals surface area contributed by atoms with E-state index in [0.29, 0.717) is 0 Å². The third-order valence-corrected chi connectivity index (χ3v) is 2.73. The SMILES string of the molecule is NCCCCCCCNCc1ccccc1. The summed E-state index contributed by atoms with van der Waals surface area (Å²) in [5, 5.41) is 3.47. The van der Waals surface area contributed by atoms with Crippen molar-refractivity contribution in [3.05, 3.63) is 35.9 Å². The van der Waals surface area contributed by atoms with Crippen LogP contribution in [0.5, 0.6) is 0 Å². The summed E-state index contributed by atoms with van der Waals surface area (Å²) in [5.74, 6) is 0. The van der Waals surface area contributed by atoms with Crippen LogP contribution in [0.1, 0.15) is 37.7 Å². The Morgan fingerprint density at radius 1 is 0.875 bits per heavy atom. The highest BCUT2D eigenvalue weighted by atomic mass is 14.8. The molecule has 0 heterocycles. The number of nitrogens with two attached hydrogens (primary N) is 1. The summed E-state index contributed by atoms with van der Waals surface area (Å²) in [6.45, 7) is 2.95. The zero-order chi connectivity index (χ0) is 11.5. The predicted molar refractivity (Wildman–Crippen MR) is 70.3 cm³/mol. The number of benzene rings is 1. The van der Waals surface area contributed by atoms with Crippen molar-refractivity contribution >= 4 is 0 Å². The van der Waals surface area contributed by atoms with Crippen LogP contribution >= 0.6 is 0 Å². The zero-order valence-corrected chi connectivity index (χ0v) is 10.1. The molecule has 1 rings (SSSR count). The lowest BCUT2D eigenvalue weighted by Gasteiger charge is -2.04. The molecule has 0 amide bonds. The van der Waals surface area contributed by atoms with Crippen LogP contribution in [0.4, 0.5) is 0 Å². The molecule has 1 aromatic rings. The summed E-state index contributed by atoms with van der Waals surface area (Å²) in [6.07, 6.45) is 6.38. The zero-order valence-electron chi connectivity index (χ0n) is 10.1. The van der Waals surface area contributed by atoms with Crippen LogP contribution in [0.2, 0.25) is 0 Å². The first-order valence-corrected chi connectivity index (χ1v) is 6.38. The maximum Gasteiger partial charge on any atom is 0.0205 e. The molecule has 0 aliphatic carbocycles. The Hall–Kier alpha value is -0.860. The molecule has 0 saturated carbocycles. The minimum atomic E-state index is 0.840. The van der Waals surface area contributed by atoms with E-state index in [1.165, 1.54) is 37.7 Å². The lowest BCUT2D eigenvalue weighted by molar-refractivity contribution is 0.577. The van der Waals surface area contributed by atoms with Crippen LogP contribution in [0.15, 0.2) is 30.3 Å². The van der Waals surface area contributed by atoms with Gasteiger partial charge in [0.15, 0.2) is 0 Å². The second-order valence-corrected chi connectivity index (χ2v) is 4.22. The molecule has 1 aromatic carbocycles. The fourth-order valence-electron chi connectivity index (χ4n) is 1.75. The quantitative estimate of drug-likeness (QED) is 0.628. The third-order valence-electron chi connectivity index (χ3n) is 2.73. The Labute approximate surface area is 99.2 Å². The topological polar surface area (TPSA) is 38.0 Å². The van der Waals surface area contributed by atoms with Crippen molar-refractivity contribution in [1.29, 1.82) is 0 Å². The monoisotopic (exact) mass is 220 g/mol. The van der Waals surface area contributed by atoms with E-state index in [-0.39, 0.29) is 0 Å². The molecule has 0 atom stereocenters. The van der Waals surface area contributed by atoms with E-state index < -0.39 is 0 Å². The van der Waals surface area contributed by atoms with Crippen LogP contribution in [0, 0.1) is 0 Å². The van der Waals surface area contributed by atoms with Crippen molar-refractivity contribution in [2.24, 2.45) is 5.73 Å². The van der Waals surface area contributed by atoms with E-state index in [4.69, 9.17) is 5.73 Å². The predicted octanol–water partition coefficient (Wildman–Crippen LogP) is 2.69. The maximum atomic E-state index is 5.44. The molecule has 3 N–H and O–H groups in total. The lowest BCUT2D eigenvalue weighted by atomic mass is 10.1. The van der Waals surface area contributed by atoms with Gasteiger partial charge in [0.25, 0.3) is 0 Å². The molecule has 0 bridgehead atoms. The number of unbranched alkanes of at least 4 members (excludes halogenated alkanes) is 4. The molecule has 0 saturated heterocycles. The number of rotatable bonds is 9. The van der Waals surface area contributed by atoms with Crippen molar-refractivity contribution < 1.29 is 0 Å². The minimum absolute atomic E-state index is 0.840. The number of nitrogens with one attached hydrogen (secondary N) is 1. The molecule has 0 unspecified atom stereocenters. The van der Waals surface area contributed by atoms with Gasteiger partial charge in [-0.25, -0.2) is 0 Å². The summed E-state index contributed by atoms with van der Waals surface area (Å²) < 4.78 is 0. The number of hydrogen-bond acceptors (Lipinski definition) is 2. The molecule has 16 heavy (non-hydrogen) atoms. The van der Waals surface area contributed by atoms with Crippen molar-refractivity contribution in [3.63, 3.8) is 0 Å². The van der Waals surface area contributed by atoms with Gasteiger partial charge in [-0.2, -0.15) is 0 Å². The first kappa shape index (κ1) is 13.2. The highest BCUT2D eigenvalue weighted by Gasteiger charge is 1.92. The minimum Gasteiger partial charge on any atom is -0.330 e. The van der Waals surface area contributed by atoms with Gasteiger partial charge in [0.1, 0.15) is 0 Å². The Morgan fingerprint density at radius 3 is 2.31 bits per heavy atom. The van der Waals surface area contributed by atoms with E-state index in [9.17, 15) is 0 Å². The maximum absolute atomic E-state index is 5.44. The Balaban J connectivity index is 1.89. The van der Waals surface area contributed by atoms with Gasteiger partial charge in [0, 0.05) is 6.54 Å². The Kier molecular flexibility index (Phi) is 7.74. The second-order valence-electron chi connectivity index (χ2n) is 4.22. The van der Waals surface area contributed by atoms with Crippen molar-refractivity contribution in [2.45, 2.75) is 38.6 Å². The van der Waals surface area contributed by atoms with Crippen molar-refractivity contribution in [2.75, 3.05) is 13.1 Å². The summed E-state index contributed by atoms with van der Waals surface area (Å²) in [6, 6.07) is 10.6. The van der Waals surface area contributed by atoms with Crippen molar-refractivity contribution in [1.82, 2.24) is 5.32 Å². The number of hydrogen-bond donors (Lipinski definition) is 2.